The van der Waals surface area contributed by atoms with Crippen molar-refractivity contribution in [3.8, 4) is 5.75 Å². The van der Waals surface area contributed by atoms with Gasteiger partial charge in [-0.1, -0.05) is 23.7 Å². The molecule has 2 rings (SSSR count). The van der Waals surface area contributed by atoms with Gasteiger partial charge in [-0.05, 0) is 42.3 Å². The van der Waals surface area contributed by atoms with Crippen molar-refractivity contribution in [2.24, 2.45) is 0 Å². The molecule has 29 heavy (non-hydrogen) atoms. The Bertz CT molecular complexity index is 873. The van der Waals surface area contributed by atoms with Gasteiger partial charge in [0.2, 0.25) is 5.91 Å². The summed E-state index contributed by atoms with van der Waals surface area (Å²) in [5.41, 5.74) is -0.440. The number of nitrogens with one attached hydrogen (secondary N) is 2. The van der Waals surface area contributed by atoms with Crippen LogP contribution in [0, 0.1) is 0 Å². The fourth-order valence-electron chi connectivity index (χ4n) is 2.49. The van der Waals surface area contributed by atoms with E-state index in [0.29, 0.717) is 5.56 Å². The zero-order valence-corrected chi connectivity index (χ0v) is 16.0. The van der Waals surface area contributed by atoms with Crippen LogP contribution in [-0.4, -0.2) is 36.7 Å². The molecule has 6 nitrogen and oxygen atoms in total. The second-order valence-electron chi connectivity index (χ2n) is 6.07. The number of amides is 1. The van der Waals surface area contributed by atoms with Crippen LogP contribution in [0.2, 0.25) is 5.02 Å². The first kappa shape index (κ1) is 22.5. The topological polar surface area (TPSA) is 87.7 Å². The molecular formula is C19H18ClF3N2O4. The van der Waals surface area contributed by atoms with E-state index >= 15 is 0 Å². The lowest BCUT2D eigenvalue weighted by atomic mass is 10.1. The number of carbonyl (C=O) groups is 2. The van der Waals surface area contributed by atoms with E-state index in [-0.39, 0.29) is 24.4 Å². The number of hydrogen-bond acceptors (Lipinski definition) is 5. The van der Waals surface area contributed by atoms with Crippen LogP contribution in [0.15, 0.2) is 42.5 Å². The molecule has 1 atom stereocenters. The first-order valence-corrected chi connectivity index (χ1v) is 8.73. The van der Waals surface area contributed by atoms with Crippen molar-refractivity contribution in [3.63, 3.8) is 0 Å². The van der Waals surface area contributed by atoms with Crippen LogP contribution in [0.5, 0.6) is 5.75 Å². The summed E-state index contributed by atoms with van der Waals surface area (Å²) in [6.45, 7) is -0.345. The van der Waals surface area contributed by atoms with Crippen molar-refractivity contribution >= 4 is 29.2 Å². The minimum absolute atomic E-state index is 0.0666. The molecule has 0 aliphatic carbocycles. The highest BCUT2D eigenvalue weighted by atomic mass is 35.5. The standard InChI is InChI=1S/C19H18ClF3N2O4/c1-29-18(28)16(8-11-2-5-13(26)6-3-11)24-10-17(27)25-12-4-7-15(20)14(9-12)19(21,22)23/h2-7,9,16,24,26H,8,10H2,1H3,(H,25,27)/t16-/m1/s1. The van der Waals surface area contributed by atoms with Gasteiger partial charge >= 0.3 is 12.1 Å². The van der Waals surface area contributed by atoms with Crippen molar-refractivity contribution in [2.45, 2.75) is 18.6 Å². The number of hydrogen-bond donors (Lipinski definition) is 3. The van der Waals surface area contributed by atoms with E-state index in [1.165, 1.54) is 25.3 Å². The monoisotopic (exact) mass is 430 g/mol. The molecule has 3 N–H and O–H groups in total. The van der Waals surface area contributed by atoms with Crippen molar-refractivity contribution in [3.05, 3.63) is 58.6 Å². The molecule has 0 saturated carbocycles. The van der Waals surface area contributed by atoms with Gasteiger partial charge in [0.15, 0.2) is 0 Å². The number of ether oxygens (including phenoxy) is 1. The Morgan fingerprint density at radius 1 is 1.17 bits per heavy atom. The smallest absolute Gasteiger partial charge is 0.417 e. The van der Waals surface area contributed by atoms with Gasteiger partial charge in [0, 0.05) is 5.69 Å². The molecule has 0 saturated heterocycles. The van der Waals surface area contributed by atoms with Crippen LogP contribution in [0.3, 0.4) is 0 Å². The first-order valence-electron chi connectivity index (χ1n) is 8.36. The number of phenolic OH excluding ortho intramolecular Hbond substituents is 1. The Hall–Kier alpha value is -2.78. The summed E-state index contributed by atoms with van der Waals surface area (Å²) in [5.74, 6) is -1.20. The quantitative estimate of drug-likeness (QED) is 0.586. The van der Waals surface area contributed by atoms with E-state index in [9.17, 15) is 27.9 Å². The largest absolute Gasteiger partial charge is 0.508 e. The molecule has 1 amide bonds. The van der Waals surface area contributed by atoms with E-state index in [2.05, 4.69) is 10.6 Å². The predicted octanol–water partition coefficient (Wildman–Crippen LogP) is 3.38. The van der Waals surface area contributed by atoms with Crippen molar-refractivity contribution in [1.29, 1.82) is 0 Å². The van der Waals surface area contributed by atoms with Crippen LogP contribution in [0.25, 0.3) is 0 Å². The molecule has 2 aromatic carbocycles. The molecule has 0 bridgehead atoms. The molecular weight excluding hydrogens is 413 g/mol. The third kappa shape index (κ3) is 6.65. The lowest BCUT2D eigenvalue weighted by Gasteiger charge is -2.17. The van der Waals surface area contributed by atoms with E-state index in [4.69, 9.17) is 16.3 Å². The molecule has 0 aliphatic rings. The van der Waals surface area contributed by atoms with Crippen LogP contribution < -0.4 is 10.6 Å². The number of esters is 1. The second-order valence-corrected chi connectivity index (χ2v) is 6.47. The van der Waals surface area contributed by atoms with Gasteiger partial charge in [-0.2, -0.15) is 13.2 Å². The fraction of sp³-hybridized carbons (Fsp3) is 0.263. The summed E-state index contributed by atoms with van der Waals surface area (Å²) in [6.07, 6.45) is -4.48. The number of aromatic hydroxyl groups is 1. The maximum absolute atomic E-state index is 12.9. The van der Waals surface area contributed by atoms with Gasteiger partial charge in [0.1, 0.15) is 11.8 Å². The summed E-state index contributed by atoms with van der Waals surface area (Å²) in [5, 5.41) is 13.9. The molecule has 156 valence electrons. The molecule has 0 aliphatic heterocycles. The summed E-state index contributed by atoms with van der Waals surface area (Å²) in [7, 11) is 1.19. The maximum atomic E-state index is 12.9. The number of methoxy groups -OCH3 is 1. The normalized spacial score (nSPS) is 12.3. The zero-order chi connectivity index (χ0) is 21.6. The average molecular weight is 431 g/mol. The highest BCUT2D eigenvalue weighted by Crippen LogP contribution is 2.36. The molecule has 0 spiro atoms. The van der Waals surface area contributed by atoms with Gasteiger partial charge in [0.25, 0.3) is 0 Å². The molecule has 0 heterocycles. The number of carbonyl (C=O) groups excluding carboxylic acids is 2. The zero-order valence-electron chi connectivity index (χ0n) is 15.2. The Morgan fingerprint density at radius 3 is 2.41 bits per heavy atom. The number of alkyl halides is 3. The second kappa shape index (κ2) is 9.62. The Labute approximate surface area is 169 Å². The average Bonchev–Trinajstić information content (AvgIpc) is 2.66. The van der Waals surface area contributed by atoms with Crippen LogP contribution in [-0.2, 0) is 26.9 Å². The van der Waals surface area contributed by atoms with E-state index in [1.807, 2.05) is 0 Å². The minimum atomic E-state index is -4.66. The third-order valence-corrected chi connectivity index (χ3v) is 4.26. The lowest BCUT2D eigenvalue weighted by molar-refractivity contribution is -0.143. The lowest BCUT2D eigenvalue weighted by Crippen LogP contribution is -2.43. The number of benzene rings is 2. The molecule has 0 aromatic heterocycles. The number of phenols is 1. The summed E-state index contributed by atoms with van der Waals surface area (Å²) >= 11 is 5.55. The van der Waals surface area contributed by atoms with Crippen LogP contribution in [0.4, 0.5) is 18.9 Å². The molecule has 2 aromatic rings. The van der Waals surface area contributed by atoms with Gasteiger partial charge < -0.3 is 15.2 Å². The van der Waals surface area contributed by atoms with E-state index in [0.717, 1.165) is 12.1 Å². The third-order valence-electron chi connectivity index (χ3n) is 3.93. The predicted molar refractivity (Wildman–Crippen MR) is 101 cm³/mol. The first-order chi connectivity index (χ1) is 13.6. The van der Waals surface area contributed by atoms with Crippen molar-refractivity contribution in [2.75, 3.05) is 19.0 Å². The number of halogens is 4. The Kier molecular flexibility index (Phi) is 7.46. The van der Waals surface area contributed by atoms with Crippen LogP contribution >= 0.6 is 11.6 Å². The molecule has 10 heteroatoms. The summed E-state index contributed by atoms with van der Waals surface area (Å²) in [4.78, 5) is 24.0. The summed E-state index contributed by atoms with van der Waals surface area (Å²) in [6, 6.07) is 8.27. The van der Waals surface area contributed by atoms with Gasteiger partial charge in [-0.15, -0.1) is 0 Å². The van der Waals surface area contributed by atoms with Gasteiger partial charge in [-0.3, -0.25) is 14.9 Å². The highest BCUT2D eigenvalue weighted by molar-refractivity contribution is 6.31. The number of anilines is 1. The van der Waals surface area contributed by atoms with Gasteiger partial charge in [-0.25, -0.2) is 0 Å². The Balaban J connectivity index is 2.01. The van der Waals surface area contributed by atoms with E-state index < -0.39 is 34.7 Å². The van der Waals surface area contributed by atoms with E-state index in [1.54, 1.807) is 12.1 Å². The summed E-state index contributed by atoms with van der Waals surface area (Å²) < 4.78 is 43.4. The van der Waals surface area contributed by atoms with Crippen molar-refractivity contribution in [1.82, 2.24) is 5.32 Å². The Morgan fingerprint density at radius 2 is 1.83 bits per heavy atom. The number of rotatable bonds is 7. The molecule has 0 unspecified atom stereocenters. The maximum Gasteiger partial charge on any atom is 0.417 e. The van der Waals surface area contributed by atoms with Crippen LogP contribution in [0.1, 0.15) is 11.1 Å². The molecule has 0 fully saturated rings. The minimum Gasteiger partial charge on any atom is -0.508 e. The highest BCUT2D eigenvalue weighted by Gasteiger charge is 2.33. The fourth-order valence-corrected chi connectivity index (χ4v) is 2.71. The van der Waals surface area contributed by atoms with Gasteiger partial charge in [0.05, 0.1) is 24.2 Å². The molecule has 0 radical (unpaired) electrons. The van der Waals surface area contributed by atoms with Crippen molar-refractivity contribution < 1.29 is 32.6 Å². The SMILES string of the molecule is COC(=O)[C@@H](Cc1ccc(O)cc1)NCC(=O)Nc1ccc(Cl)c(C(F)(F)F)c1.